The molecule has 1 amide bonds. The number of benzene rings is 2. The lowest BCUT2D eigenvalue weighted by atomic mass is 10.1. The number of imidazole rings is 1. The molecule has 0 saturated carbocycles. The molecule has 0 aliphatic rings. The summed E-state index contributed by atoms with van der Waals surface area (Å²) in [6.07, 6.45) is 5.38. The highest BCUT2D eigenvalue weighted by Gasteiger charge is 2.09. The molecular formula is C19H20N4O. The van der Waals surface area contributed by atoms with E-state index in [0.717, 1.165) is 16.9 Å². The Labute approximate surface area is 141 Å². The summed E-state index contributed by atoms with van der Waals surface area (Å²) in [7, 11) is 3.91. The summed E-state index contributed by atoms with van der Waals surface area (Å²) in [5.41, 5.74) is 3.70. The molecule has 5 heteroatoms. The molecule has 3 rings (SSSR count). The largest absolute Gasteiger partial charge is 0.378 e. The Hall–Kier alpha value is -3.08. The number of hydrogen-bond acceptors (Lipinski definition) is 3. The monoisotopic (exact) mass is 320 g/mol. The van der Waals surface area contributed by atoms with E-state index in [2.05, 4.69) is 10.3 Å². The highest BCUT2D eigenvalue weighted by molar-refractivity contribution is 5.95. The molecule has 0 aliphatic heterocycles. The van der Waals surface area contributed by atoms with Crippen LogP contribution in [0.1, 0.15) is 15.9 Å². The van der Waals surface area contributed by atoms with Gasteiger partial charge in [-0.2, -0.15) is 0 Å². The lowest BCUT2D eigenvalue weighted by molar-refractivity contribution is 0.0951. The SMILES string of the molecule is CN(C)c1cccc(C(=O)NCc2ccccc2-n2ccnc2)c1. The van der Waals surface area contributed by atoms with Crippen LogP contribution in [-0.4, -0.2) is 29.6 Å². The molecule has 1 N–H and O–H groups in total. The van der Waals surface area contributed by atoms with E-state index in [1.54, 1.807) is 12.5 Å². The quantitative estimate of drug-likeness (QED) is 0.786. The number of aromatic nitrogens is 2. The van der Waals surface area contributed by atoms with Crippen LogP contribution in [0.2, 0.25) is 0 Å². The Balaban J connectivity index is 1.75. The van der Waals surface area contributed by atoms with Gasteiger partial charge in [0.2, 0.25) is 0 Å². The average Bonchev–Trinajstić information content (AvgIpc) is 3.14. The van der Waals surface area contributed by atoms with Gasteiger partial charge in [-0.25, -0.2) is 4.98 Å². The van der Waals surface area contributed by atoms with Crippen molar-refractivity contribution in [2.45, 2.75) is 6.54 Å². The predicted octanol–water partition coefficient (Wildman–Crippen LogP) is 2.87. The Morgan fingerprint density at radius 1 is 1.17 bits per heavy atom. The Kier molecular flexibility index (Phi) is 4.61. The van der Waals surface area contributed by atoms with Crippen LogP contribution in [0.3, 0.4) is 0 Å². The van der Waals surface area contributed by atoms with E-state index in [9.17, 15) is 4.79 Å². The Bertz CT molecular complexity index is 825. The van der Waals surface area contributed by atoms with Crippen LogP contribution in [0.15, 0.2) is 67.3 Å². The summed E-state index contributed by atoms with van der Waals surface area (Å²) in [5.74, 6) is -0.0841. The van der Waals surface area contributed by atoms with Crippen LogP contribution in [0.25, 0.3) is 5.69 Å². The van der Waals surface area contributed by atoms with Gasteiger partial charge in [0, 0.05) is 44.3 Å². The van der Waals surface area contributed by atoms with Crippen LogP contribution in [0, 0.1) is 0 Å². The summed E-state index contributed by atoms with van der Waals surface area (Å²) in [6.45, 7) is 0.458. The first-order valence-corrected chi connectivity index (χ1v) is 7.77. The van der Waals surface area contributed by atoms with E-state index in [4.69, 9.17) is 0 Å². The topological polar surface area (TPSA) is 50.2 Å². The van der Waals surface area contributed by atoms with Gasteiger partial charge in [-0.15, -0.1) is 0 Å². The van der Waals surface area contributed by atoms with Gasteiger partial charge in [-0.05, 0) is 29.8 Å². The maximum absolute atomic E-state index is 12.4. The van der Waals surface area contributed by atoms with Crippen molar-refractivity contribution in [2.75, 3.05) is 19.0 Å². The smallest absolute Gasteiger partial charge is 0.251 e. The van der Waals surface area contributed by atoms with Gasteiger partial charge in [-0.1, -0.05) is 24.3 Å². The standard InChI is InChI=1S/C19H20N4O/c1-22(2)17-8-5-7-15(12-17)19(24)21-13-16-6-3-4-9-18(16)23-11-10-20-14-23/h3-12,14H,13H2,1-2H3,(H,21,24). The molecule has 0 aliphatic carbocycles. The third-order valence-electron chi connectivity index (χ3n) is 3.84. The third-order valence-corrected chi connectivity index (χ3v) is 3.84. The van der Waals surface area contributed by atoms with Crippen LogP contribution in [0.4, 0.5) is 5.69 Å². The molecule has 0 bridgehead atoms. The second kappa shape index (κ2) is 7.00. The van der Waals surface area contributed by atoms with E-state index in [-0.39, 0.29) is 5.91 Å². The van der Waals surface area contributed by atoms with E-state index < -0.39 is 0 Å². The molecule has 24 heavy (non-hydrogen) atoms. The zero-order valence-corrected chi connectivity index (χ0v) is 13.8. The molecule has 1 heterocycles. The fourth-order valence-corrected chi connectivity index (χ4v) is 2.52. The lowest BCUT2D eigenvalue weighted by Crippen LogP contribution is -2.23. The number of carbonyl (C=O) groups is 1. The van der Waals surface area contributed by atoms with E-state index in [1.165, 1.54) is 0 Å². The van der Waals surface area contributed by atoms with Gasteiger partial charge in [0.15, 0.2) is 0 Å². The van der Waals surface area contributed by atoms with Gasteiger partial charge in [0.05, 0.1) is 12.0 Å². The number of nitrogens with zero attached hydrogens (tertiary/aromatic N) is 3. The number of rotatable bonds is 5. The summed E-state index contributed by atoms with van der Waals surface area (Å²) in [6, 6.07) is 15.5. The second-order valence-electron chi connectivity index (χ2n) is 5.73. The maximum atomic E-state index is 12.4. The molecule has 1 aromatic heterocycles. The molecule has 2 aromatic carbocycles. The minimum atomic E-state index is -0.0841. The zero-order valence-electron chi connectivity index (χ0n) is 13.8. The summed E-state index contributed by atoms with van der Waals surface area (Å²) >= 11 is 0. The number of anilines is 1. The van der Waals surface area contributed by atoms with Crippen molar-refractivity contribution in [3.05, 3.63) is 78.4 Å². The zero-order chi connectivity index (χ0) is 16.9. The molecule has 0 spiro atoms. The number of hydrogen-bond donors (Lipinski definition) is 1. The van der Waals surface area contributed by atoms with Gasteiger partial charge >= 0.3 is 0 Å². The normalized spacial score (nSPS) is 10.4. The van der Waals surface area contributed by atoms with Gasteiger partial charge in [-0.3, -0.25) is 4.79 Å². The van der Waals surface area contributed by atoms with Crippen molar-refractivity contribution >= 4 is 11.6 Å². The molecule has 0 radical (unpaired) electrons. The minimum absolute atomic E-state index is 0.0841. The molecule has 5 nitrogen and oxygen atoms in total. The van der Waals surface area contributed by atoms with Crippen LogP contribution < -0.4 is 10.2 Å². The Morgan fingerprint density at radius 2 is 2.00 bits per heavy atom. The van der Waals surface area contributed by atoms with Crippen LogP contribution in [-0.2, 0) is 6.54 Å². The first-order valence-electron chi connectivity index (χ1n) is 7.77. The Morgan fingerprint density at radius 3 is 2.75 bits per heavy atom. The predicted molar refractivity (Wildman–Crippen MR) is 95.5 cm³/mol. The second-order valence-corrected chi connectivity index (χ2v) is 5.73. The summed E-state index contributed by atoms with van der Waals surface area (Å²) in [4.78, 5) is 18.5. The number of amides is 1. The number of para-hydroxylation sites is 1. The van der Waals surface area contributed by atoms with Crippen LogP contribution in [0.5, 0.6) is 0 Å². The third kappa shape index (κ3) is 3.46. The molecule has 0 saturated heterocycles. The van der Waals surface area contributed by atoms with Crippen molar-refractivity contribution in [1.82, 2.24) is 14.9 Å². The summed E-state index contributed by atoms with van der Waals surface area (Å²) in [5, 5.41) is 2.99. The van der Waals surface area contributed by atoms with Crippen molar-refractivity contribution < 1.29 is 4.79 Å². The van der Waals surface area contributed by atoms with Crippen LogP contribution >= 0.6 is 0 Å². The highest BCUT2D eigenvalue weighted by atomic mass is 16.1. The van der Waals surface area contributed by atoms with E-state index in [0.29, 0.717) is 12.1 Å². The fraction of sp³-hybridized carbons (Fsp3) is 0.158. The summed E-state index contributed by atoms with van der Waals surface area (Å²) < 4.78 is 1.94. The number of carbonyl (C=O) groups excluding carboxylic acids is 1. The first kappa shape index (κ1) is 15.8. The lowest BCUT2D eigenvalue weighted by Gasteiger charge is -2.14. The fourth-order valence-electron chi connectivity index (χ4n) is 2.52. The van der Waals surface area contributed by atoms with Crippen molar-refractivity contribution in [1.29, 1.82) is 0 Å². The molecule has 0 unspecified atom stereocenters. The molecule has 0 atom stereocenters. The van der Waals surface area contributed by atoms with Gasteiger partial charge in [0.25, 0.3) is 5.91 Å². The highest BCUT2D eigenvalue weighted by Crippen LogP contribution is 2.15. The van der Waals surface area contributed by atoms with Crippen molar-refractivity contribution in [3.63, 3.8) is 0 Å². The number of nitrogens with one attached hydrogen (secondary N) is 1. The minimum Gasteiger partial charge on any atom is -0.378 e. The first-order chi connectivity index (χ1) is 11.6. The maximum Gasteiger partial charge on any atom is 0.251 e. The van der Waals surface area contributed by atoms with Gasteiger partial charge < -0.3 is 14.8 Å². The van der Waals surface area contributed by atoms with E-state index in [1.807, 2.05) is 78.3 Å². The molecular weight excluding hydrogens is 300 g/mol. The van der Waals surface area contributed by atoms with E-state index >= 15 is 0 Å². The van der Waals surface area contributed by atoms with Crippen molar-refractivity contribution in [3.8, 4) is 5.69 Å². The van der Waals surface area contributed by atoms with Crippen molar-refractivity contribution in [2.24, 2.45) is 0 Å². The molecule has 3 aromatic rings. The molecule has 122 valence electrons. The average molecular weight is 320 g/mol. The molecule has 0 fully saturated rings. The van der Waals surface area contributed by atoms with Gasteiger partial charge in [0.1, 0.15) is 0 Å².